The summed E-state index contributed by atoms with van der Waals surface area (Å²) in [6.45, 7) is 0. The Balaban J connectivity index is 2.15. The Hall–Kier alpha value is -2.04. The van der Waals surface area contributed by atoms with Crippen LogP contribution in [0.15, 0.2) is 42.5 Å². The lowest BCUT2D eigenvalue weighted by Gasteiger charge is -2.24. The molecule has 0 radical (unpaired) electrons. The first-order chi connectivity index (χ1) is 8.47. The van der Waals surface area contributed by atoms with Crippen LogP contribution in [0, 0.1) is 5.82 Å². The number of carbonyl (C=O) groups is 1. The Labute approximate surface area is 101 Å². The van der Waals surface area contributed by atoms with E-state index in [1.165, 1.54) is 30.3 Å². The number of ether oxygens (including phenoxy) is 1. The lowest BCUT2D eigenvalue weighted by atomic mass is 10.1. The van der Waals surface area contributed by atoms with Crippen molar-refractivity contribution >= 4 is 12.0 Å². The van der Waals surface area contributed by atoms with Crippen LogP contribution < -0.4 is 0 Å². The topological polar surface area (TPSA) is 26.3 Å². The van der Waals surface area contributed by atoms with Crippen molar-refractivity contribution in [3.8, 4) is 0 Å². The Morgan fingerprint density at radius 3 is 2.56 bits per heavy atom. The van der Waals surface area contributed by atoms with E-state index in [1.54, 1.807) is 0 Å². The normalized spacial score (nSPS) is 22.2. The zero-order chi connectivity index (χ0) is 13.2. The molecule has 0 spiro atoms. The molecule has 1 atom stereocenters. The van der Waals surface area contributed by atoms with E-state index >= 15 is 0 Å². The first kappa shape index (κ1) is 12.4. The maximum Gasteiger partial charge on any atom is 0.331 e. The van der Waals surface area contributed by atoms with Crippen LogP contribution in [0.4, 0.5) is 13.2 Å². The van der Waals surface area contributed by atoms with Gasteiger partial charge in [-0.05, 0) is 29.8 Å². The number of rotatable bonds is 2. The molecule has 0 bridgehead atoms. The summed E-state index contributed by atoms with van der Waals surface area (Å²) in [5.41, 5.74) is 0.540. The molecule has 0 aromatic heterocycles. The molecule has 1 aliphatic rings. The molecule has 2 nitrogen and oxygen atoms in total. The zero-order valence-electron chi connectivity index (χ0n) is 9.15. The van der Waals surface area contributed by atoms with Gasteiger partial charge >= 0.3 is 11.9 Å². The Morgan fingerprint density at radius 1 is 1.22 bits per heavy atom. The monoisotopic (exact) mass is 254 g/mol. The van der Waals surface area contributed by atoms with Crippen LogP contribution in [-0.4, -0.2) is 18.0 Å². The Kier molecular flexibility index (Phi) is 3.23. The molecule has 1 aliphatic heterocycles. The van der Waals surface area contributed by atoms with Crippen LogP contribution in [0.2, 0.25) is 0 Å². The molecule has 0 unspecified atom stereocenters. The van der Waals surface area contributed by atoms with Crippen molar-refractivity contribution in [3.05, 3.63) is 53.9 Å². The van der Waals surface area contributed by atoms with E-state index in [1.807, 2.05) is 0 Å². The second-order valence-corrected chi connectivity index (χ2v) is 3.78. The molecule has 1 heterocycles. The molecule has 0 saturated carbocycles. The van der Waals surface area contributed by atoms with Crippen LogP contribution in [-0.2, 0) is 9.53 Å². The van der Waals surface area contributed by atoms with Gasteiger partial charge in [0, 0.05) is 6.08 Å². The van der Waals surface area contributed by atoms with Crippen molar-refractivity contribution in [2.45, 2.75) is 12.0 Å². The van der Waals surface area contributed by atoms with Gasteiger partial charge in [-0.25, -0.2) is 9.18 Å². The molecule has 94 valence electrons. The Morgan fingerprint density at radius 2 is 1.89 bits per heavy atom. The van der Waals surface area contributed by atoms with Gasteiger partial charge in [-0.2, -0.15) is 8.78 Å². The fourth-order valence-corrected chi connectivity index (χ4v) is 1.46. The van der Waals surface area contributed by atoms with Crippen LogP contribution in [0.25, 0.3) is 6.08 Å². The van der Waals surface area contributed by atoms with Gasteiger partial charge in [0.15, 0.2) is 6.10 Å². The molecule has 18 heavy (non-hydrogen) atoms. The van der Waals surface area contributed by atoms with Crippen molar-refractivity contribution in [3.63, 3.8) is 0 Å². The molecule has 0 aliphatic carbocycles. The van der Waals surface area contributed by atoms with Gasteiger partial charge < -0.3 is 4.74 Å². The Bertz CT molecular complexity index is 503. The summed E-state index contributed by atoms with van der Waals surface area (Å²) >= 11 is 0. The molecule has 5 heteroatoms. The summed E-state index contributed by atoms with van der Waals surface area (Å²) in [4.78, 5) is 10.9. The molecule has 1 aromatic rings. The molecular weight excluding hydrogens is 245 g/mol. The van der Waals surface area contributed by atoms with Gasteiger partial charge in [-0.1, -0.05) is 18.2 Å². The molecule has 2 rings (SSSR count). The molecule has 1 aromatic carbocycles. The van der Waals surface area contributed by atoms with Crippen LogP contribution in [0.5, 0.6) is 0 Å². The standard InChI is InChI=1S/C13H9F3O2/c14-10-4-1-9(2-5-10)3-6-11-13(15,16)8-7-12(17)18-11/h1-8,11H/b6-3+/t11-/m1/s1. The van der Waals surface area contributed by atoms with Gasteiger partial charge in [0.2, 0.25) is 0 Å². The molecule has 0 N–H and O–H groups in total. The average molecular weight is 254 g/mol. The molecule has 0 amide bonds. The van der Waals surface area contributed by atoms with Crippen molar-refractivity contribution in [2.24, 2.45) is 0 Å². The van der Waals surface area contributed by atoms with Gasteiger partial charge in [-0.15, -0.1) is 0 Å². The fourth-order valence-electron chi connectivity index (χ4n) is 1.46. The lowest BCUT2D eigenvalue weighted by molar-refractivity contribution is -0.157. The number of cyclic esters (lactones) is 1. The first-order valence-electron chi connectivity index (χ1n) is 5.19. The third-order valence-electron chi connectivity index (χ3n) is 2.40. The highest BCUT2D eigenvalue weighted by atomic mass is 19.3. The van der Waals surface area contributed by atoms with E-state index in [4.69, 9.17) is 0 Å². The van der Waals surface area contributed by atoms with E-state index < -0.39 is 23.8 Å². The maximum absolute atomic E-state index is 13.3. The lowest BCUT2D eigenvalue weighted by Crippen LogP contribution is -2.37. The number of esters is 1. The van der Waals surface area contributed by atoms with Crippen molar-refractivity contribution < 1.29 is 22.7 Å². The van der Waals surface area contributed by atoms with Crippen LogP contribution in [0.1, 0.15) is 5.56 Å². The summed E-state index contributed by atoms with van der Waals surface area (Å²) < 4.78 is 43.8. The summed E-state index contributed by atoms with van der Waals surface area (Å²) in [6.07, 6.45) is 2.00. The van der Waals surface area contributed by atoms with E-state index in [0.717, 1.165) is 6.08 Å². The quantitative estimate of drug-likeness (QED) is 0.758. The predicted octanol–water partition coefficient (Wildman–Crippen LogP) is 2.96. The smallest absolute Gasteiger partial charge is 0.331 e. The number of hydrogen-bond donors (Lipinski definition) is 0. The van der Waals surface area contributed by atoms with Crippen molar-refractivity contribution in [2.75, 3.05) is 0 Å². The summed E-state index contributed by atoms with van der Waals surface area (Å²) in [5.74, 6) is -4.45. The highest BCUT2D eigenvalue weighted by Crippen LogP contribution is 2.28. The minimum atomic E-state index is -3.23. The highest BCUT2D eigenvalue weighted by Gasteiger charge is 2.41. The van der Waals surface area contributed by atoms with Crippen LogP contribution in [0.3, 0.4) is 0 Å². The maximum atomic E-state index is 13.3. The third kappa shape index (κ3) is 2.80. The van der Waals surface area contributed by atoms with Gasteiger partial charge in [-0.3, -0.25) is 0 Å². The minimum absolute atomic E-state index is 0.412. The SMILES string of the molecule is O=C1C=CC(F)(F)[C@@H](/C=C/c2ccc(F)cc2)O1. The van der Waals surface area contributed by atoms with E-state index in [9.17, 15) is 18.0 Å². The number of halogens is 3. The molecule has 0 saturated heterocycles. The minimum Gasteiger partial charge on any atom is -0.448 e. The fraction of sp³-hybridized carbons (Fsp3) is 0.154. The third-order valence-corrected chi connectivity index (χ3v) is 2.40. The highest BCUT2D eigenvalue weighted by molar-refractivity contribution is 5.83. The van der Waals surface area contributed by atoms with E-state index in [2.05, 4.69) is 4.74 Å². The van der Waals surface area contributed by atoms with Crippen molar-refractivity contribution in [1.82, 2.24) is 0 Å². The molecular formula is C13H9F3O2. The predicted molar refractivity (Wildman–Crippen MR) is 59.4 cm³/mol. The number of carbonyl (C=O) groups excluding carboxylic acids is 1. The number of alkyl halides is 2. The zero-order valence-corrected chi connectivity index (χ0v) is 9.15. The van der Waals surface area contributed by atoms with Gasteiger partial charge in [0.05, 0.1) is 0 Å². The number of benzene rings is 1. The van der Waals surface area contributed by atoms with Gasteiger partial charge in [0.1, 0.15) is 5.82 Å². The second kappa shape index (κ2) is 4.68. The second-order valence-electron chi connectivity index (χ2n) is 3.78. The summed E-state index contributed by atoms with van der Waals surface area (Å²) in [6, 6.07) is 5.30. The van der Waals surface area contributed by atoms with E-state index in [-0.39, 0.29) is 0 Å². The average Bonchev–Trinajstić information content (AvgIpc) is 2.33. The number of hydrogen-bond acceptors (Lipinski definition) is 2. The van der Waals surface area contributed by atoms with Gasteiger partial charge in [0.25, 0.3) is 0 Å². The van der Waals surface area contributed by atoms with Crippen molar-refractivity contribution in [1.29, 1.82) is 0 Å². The largest absolute Gasteiger partial charge is 0.448 e. The molecule has 0 fully saturated rings. The first-order valence-corrected chi connectivity index (χ1v) is 5.19. The van der Waals surface area contributed by atoms with E-state index in [0.29, 0.717) is 17.7 Å². The summed E-state index contributed by atoms with van der Waals surface area (Å²) in [7, 11) is 0. The summed E-state index contributed by atoms with van der Waals surface area (Å²) in [5, 5.41) is 0. The van der Waals surface area contributed by atoms with Crippen LogP contribution >= 0.6 is 0 Å².